The van der Waals surface area contributed by atoms with Gasteiger partial charge >= 0.3 is 0 Å². The Morgan fingerprint density at radius 3 is 2.93 bits per heavy atom. The van der Waals surface area contributed by atoms with E-state index >= 15 is 0 Å². The third-order valence-electron chi connectivity index (χ3n) is 1.77. The van der Waals surface area contributed by atoms with Crippen LogP contribution in [0.2, 0.25) is 0 Å². The van der Waals surface area contributed by atoms with E-state index in [4.69, 9.17) is 0 Å². The molecule has 3 nitrogen and oxygen atoms in total. The second-order valence-electron chi connectivity index (χ2n) is 2.75. The molecule has 2 rings (SSSR count). The van der Waals surface area contributed by atoms with Gasteiger partial charge in [0.25, 0.3) is 0 Å². The predicted molar refractivity (Wildman–Crippen MR) is 58.1 cm³/mol. The number of thiazole rings is 1. The third kappa shape index (κ3) is 2.00. The fraction of sp³-hybridized carbons (Fsp3) is 0.111. The zero-order chi connectivity index (χ0) is 9.97. The van der Waals surface area contributed by atoms with E-state index in [9.17, 15) is 5.11 Å². The summed E-state index contributed by atoms with van der Waals surface area (Å²) in [6.07, 6.45) is 2.62. The van der Waals surface area contributed by atoms with Crippen LogP contribution in [0.3, 0.4) is 0 Å². The van der Waals surface area contributed by atoms with Crippen LogP contribution in [0.15, 0.2) is 33.8 Å². The van der Waals surface area contributed by atoms with Crippen molar-refractivity contribution in [2.45, 2.75) is 6.10 Å². The van der Waals surface area contributed by atoms with E-state index in [1.165, 1.54) is 11.3 Å². The molecule has 1 unspecified atom stereocenters. The van der Waals surface area contributed by atoms with Crippen molar-refractivity contribution in [2.24, 2.45) is 0 Å². The summed E-state index contributed by atoms with van der Waals surface area (Å²) in [4.78, 5) is 8.03. The molecule has 1 atom stereocenters. The maximum absolute atomic E-state index is 9.89. The molecular weight excluding hydrogens is 264 g/mol. The van der Waals surface area contributed by atoms with Crippen LogP contribution >= 0.6 is 27.3 Å². The van der Waals surface area contributed by atoms with Crippen LogP contribution in [0.4, 0.5) is 0 Å². The summed E-state index contributed by atoms with van der Waals surface area (Å²) in [5.74, 6) is 0. The molecular formula is C9H7BrN2OS. The smallest absolute Gasteiger partial charge is 0.123 e. The molecule has 72 valence electrons. The first kappa shape index (κ1) is 9.76. The molecule has 2 aromatic heterocycles. The van der Waals surface area contributed by atoms with Crippen LogP contribution in [-0.2, 0) is 0 Å². The van der Waals surface area contributed by atoms with E-state index < -0.39 is 6.10 Å². The average Bonchev–Trinajstić information content (AvgIpc) is 2.69. The Hall–Kier alpha value is -0.780. The number of aromatic nitrogens is 2. The molecule has 0 aliphatic carbocycles. The first-order valence-electron chi connectivity index (χ1n) is 3.94. The standard InChI is InChI=1S/C9H7BrN2OS/c10-7-1-6(2-11-3-7)9(13)8-4-14-5-12-8/h1-5,9,13H. The van der Waals surface area contributed by atoms with Crippen LogP contribution < -0.4 is 0 Å². The molecule has 0 saturated heterocycles. The highest BCUT2D eigenvalue weighted by molar-refractivity contribution is 9.10. The average molecular weight is 271 g/mol. The largest absolute Gasteiger partial charge is 0.382 e. The Kier molecular flexibility index (Phi) is 2.90. The summed E-state index contributed by atoms with van der Waals surface area (Å²) in [7, 11) is 0. The van der Waals surface area contributed by atoms with Gasteiger partial charge in [-0.1, -0.05) is 0 Å². The van der Waals surface area contributed by atoms with E-state index in [1.807, 2.05) is 11.4 Å². The number of hydrogen-bond donors (Lipinski definition) is 1. The zero-order valence-electron chi connectivity index (χ0n) is 7.09. The van der Waals surface area contributed by atoms with Crippen molar-refractivity contribution in [1.29, 1.82) is 0 Å². The van der Waals surface area contributed by atoms with E-state index in [2.05, 4.69) is 25.9 Å². The summed E-state index contributed by atoms with van der Waals surface area (Å²) >= 11 is 4.77. The molecule has 0 aromatic carbocycles. The van der Waals surface area contributed by atoms with Gasteiger partial charge in [-0.25, -0.2) is 4.98 Å². The van der Waals surface area contributed by atoms with Gasteiger partial charge in [0.15, 0.2) is 0 Å². The summed E-state index contributed by atoms with van der Waals surface area (Å²) in [6, 6.07) is 1.83. The maximum Gasteiger partial charge on any atom is 0.123 e. The highest BCUT2D eigenvalue weighted by atomic mass is 79.9. The fourth-order valence-corrected chi connectivity index (χ4v) is 2.06. The maximum atomic E-state index is 9.89. The summed E-state index contributed by atoms with van der Waals surface area (Å²) in [5, 5.41) is 11.7. The Balaban J connectivity index is 2.32. The van der Waals surface area contributed by atoms with Gasteiger partial charge < -0.3 is 5.11 Å². The molecule has 0 aliphatic rings. The van der Waals surface area contributed by atoms with Gasteiger partial charge in [-0.15, -0.1) is 11.3 Å². The molecule has 0 fully saturated rings. The normalized spacial score (nSPS) is 12.7. The molecule has 2 aromatic rings. The van der Waals surface area contributed by atoms with Crippen LogP contribution in [0.1, 0.15) is 17.4 Å². The minimum atomic E-state index is -0.689. The SMILES string of the molecule is OC(c1cncc(Br)c1)c1cscn1. The summed E-state index contributed by atoms with van der Waals surface area (Å²) < 4.78 is 0.851. The van der Waals surface area contributed by atoms with Crippen LogP contribution in [-0.4, -0.2) is 15.1 Å². The molecule has 0 saturated carbocycles. The van der Waals surface area contributed by atoms with E-state index in [0.717, 1.165) is 10.0 Å². The van der Waals surface area contributed by atoms with Crippen LogP contribution in [0.5, 0.6) is 0 Å². The van der Waals surface area contributed by atoms with Gasteiger partial charge in [0.05, 0.1) is 11.2 Å². The van der Waals surface area contributed by atoms with Gasteiger partial charge in [0.1, 0.15) is 6.10 Å². The number of halogens is 1. The van der Waals surface area contributed by atoms with Gasteiger partial charge in [0, 0.05) is 27.8 Å². The topological polar surface area (TPSA) is 46.0 Å². The molecule has 14 heavy (non-hydrogen) atoms. The second-order valence-corrected chi connectivity index (χ2v) is 4.39. The Bertz CT molecular complexity index is 419. The zero-order valence-corrected chi connectivity index (χ0v) is 9.49. The highest BCUT2D eigenvalue weighted by Crippen LogP contribution is 2.22. The monoisotopic (exact) mass is 270 g/mol. The molecule has 2 heterocycles. The molecule has 1 N–H and O–H groups in total. The van der Waals surface area contributed by atoms with Crippen molar-refractivity contribution >= 4 is 27.3 Å². The summed E-state index contributed by atoms with van der Waals surface area (Å²) in [6.45, 7) is 0. The van der Waals surface area contributed by atoms with Crippen molar-refractivity contribution < 1.29 is 5.11 Å². The third-order valence-corrected chi connectivity index (χ3v) is 2.81. The molecule has 0 aliphatic heterocycles. The lowest BCUT2D eigenvalue weighted by molar-refractivity contribution is 0.215. The number of nitrogens with zero attached hydrogens (tertiary/aromatic N) is 2. The number of rotatable bonds is 2. The second kappa shape index (κ2) is 4.16. The Morgan fingerprint density at radius 2 is 2.29 bits per heavy atom. The number of pyridine rings is 1. The van der Waals surface area contributed by atoms with Gasteiger partial charge in [-0.05, 0) is 22.0 Å². The van der Waals surface area contributed by atoms with Gasteiger partial charge in [0.2, 0.25) is 0 Å². The number of hydrogen-bond acceptors (Lipinski definition) is 4. The van der Waals surface area contributed by atoms with Crippen molar-refractivity contribution in [1.82, 2.24) is 9.97 Å². The molecule has 5 heteroatoms. The highest BCUT2D eigenvalue weighted by Gasteiger charge is 2.12. The fourth-order valence-electron chi connectivity index (χ4n) is 1.11. The Labute approximate surface area is 93.6 Å². The lowest BCUT2D eigenvalue weighted by Gasteiger charge is -2.07. The summed E-state index contributed by atoms with van der Waals surface area (Å²) in [5.41, 5.74) is 3.10. The van der Waals surface area contributed by atoms with Crippen molar-refractivity contribution in [3.05, 3.63) is 45.1 Å². The minimum absolute atomic E-state index is 0.662. The lowest BCUT2D eigenvalue weighted by atomic mass is 10.1. The first-order valence-corrected chi connectivity index (χ1v) is 5.67. The minimum Gasteiger partial charge on any atom is -0.382 e. The van der Waals surface area contributed by atoms with E-state index in [0.29, 0.717) is 5.69 Å². The van der Waals surface area contributed by atoms with Crippen LogP contribution in [0.25, 0.3) is 0 Å². The van der Waals surface area contributed by atoms with E-state index in [1.54, 1.807) is 17.9 Å². The van der Waals surface area contributed by atoms with Gasteiger partial charge in [-0.3, -0.25) is 4.98 Å². The molecule has 0 radical (unpaired) electrons. The number of aliphatic hydroxyl groups is 1. The van der Waals surface area contributed by atoms with Crippen molar-refractivity contribution in [3.63, 3.8) is 0 Å². The quantitative estimate of drug-likeness (QED) is 0.912. The lowest BCUT2D eigenvalue weighted by Crippen LogP contribution is -2.00. The predicted octanol–water partition coefficient (Wildman–Crippen LogP) is 2.38. The van der Waals surface area contributed by atoms with Crippen molar-refractivity contribution in [2.75, 3.05) is 0 Å². The van der Waals surface area contributed by atoms with Gasteiger partial charge in [-0.2, -0.15) is 0 Å². The Morgan fingerprint density at radius 1 is 1.43 bits per heavy atom. The molecule has 0 bridgehead atoms. The van der Waals surface area contributed by atoms with Crippen molar-refractivity contribution in [3.8, 4) is 0 Å². The van der Waals surface area contributed by atoms with E-state index in [-0.39, 0.29) is 0 Å². The van der Waals surface area contributed by atoms with Crippen LogP contribution in [0, 0.1) is 0 Å². The number of aliphatic hydroxyl groups excluding tert-OH is 1. The molecule has 0 spiro atoms. The first-order chi connectivity index (χ1) is 6.77. The molecule has 0 amide bonds.